The van der Waals surface area contributed by atoms with Gasteiger partial charge in [0.15, 0.2) is 0 Å². The van der Waals surface area contributed by atoms with Crippen molar-refractivity contribution in [1.82, 2.24) is 9.97 Å². The maximum Gasteiger partial charge on any atom is 0.124 e. The monoisotopic (exact) mass is 404 g/mol. The Kier molecular flexibility index (Phi) is 4.72. The van der Waals surface area contributed by atoms with Gasteiger partial charge in [0.1, 0.15) is 11.7 Å². The van der Waals surface area contributed by atoms with Crippen LogP contribution in [-0.4, -0.2) is 21.6 Å². The topological polar surface area (TPSA) is 126 Å². The first-order valence-electron chi connectivity index (χ1n) is 8.33. The Morgan fingerprint density at radius 1 is 0.607 bits per heavy atom. The molecule has 0 saturated carbocycles. The van der Waals surface area contributed by atoms with Gasteiger partial charge in [0.2, 0.25) is 0 Å². The Hall–Kier alpha value is -3.36. The smallest absolute Gasteiger partial charge is 0.124 e. The van der Waals surface area contributed by atoms with Gasteiger partial charge in [0.25, 0.3) is 0 Å². The molecular formula is C20H16N6S2. The molecule has 0 aliphatic heterocycles. The van der Waals surface area contributed by atoms with Crippen molar-refractivity contribution in [1.29, 1.82) is 10.8 Å². The zero-order valence-electron chi connectivity index (χ0n) is 14.6. The van der Waals surface area contributed by atoms with Gasteiger partial charge >= 0.3 is 0 Å². The van der Waals surface area contributed by atoms with Crippen LogP contribution >= 0.6 is 22.7 Å². The van der Waals surface area contributed by atoms with Crippen LogP contribution in [0, 0.1) is 10.8 Å². The van der Waals surface area contributed by atoms with Crippen LogP contribution in [0.25, 0.3) is 30.9 Å². The molecule has 4 rings (SSSR count). The van der Waals surface area contributed by atoms with E-state index in [0.29, 0.717) is 11.1 Å². The summed E-state index contributed by atoms with van der Waals surface area (Å²) in [6, 6.07) is 15.7. The summed E-state index contributed by atoms with van der Waals surface area (Å²) in [4.78, 5) is 13.2. The van der Waals surface area contributed by atoms with Gasteiger partial charge in [-0.3, -0.25) is 20.8 Å². The number of nitrogens with two attached hydrogens (primary N) is 2. The molecule has 4 heterocycles. The number of amidine groups is 2. The van der Waals surface area contributed by atoms with E-state index in [1.165, 1.54) is 0 Å². The lowest BCUT2D eigenvalue weighted by molar-refractivity contribution is 1.30. The molecule has 4 aromatic rings. The lowest BCUT2D eigenvalue weighted by Crippen LogP contribution is -2.11. The molecule has 6 N–H and O–H groups in total. The summed E-state index contributed by atoms with van der Waals surface area (Å²) in [5, 5.41) is 14.9. The number of rotatable bonds is 5. The van der Waals surface area contributed by atoms with Crippen molar-refractivity contribution in [3.05, 3.63) is 72.1 Å². The molecule has 0 saturated heterocycles. The Bertz CT molecular complexity index is 1060. The van der Waals surface area contributed by atoms with E-state index in [-0.39, 0.29) is 11.7 Å². The second-order valence-electron chi connectivity index (χ2n) is 6.02. The molecular weight excluding hydrogens is 388 g/mol. The molecule has 138 valence electrons. The molecule has 8 heteroatoms. The van der Waals surface area contributed by atoms with Crippen LogP contribution < -0.4 is 11.5 Å². The summed E-state index contributed by atoms with van der Waals surface area (Å²) in [7, 11) is 0. The quantitative estimate of drug-likeness (QED) is 0.294. The molecule has 6 nitrogen and oxygen atoms in total. The van der Waals surface area contributed by atoms with Crippen LogP contribution in [0.4, 0.5) is 0 Å². The predicted molar refractivity (Wildman–Crippen MR) is 116 cm³/mol. The molecule has 0 unspecified atom stereocenters. The van der Waals surface area contributed by atoms with Crippen LogP contribution in [0.1, 0.15) is 11.1 Å². The molecule has 0 bridgehead atoms. The molecule has 0 aromatic carbocycles. The standard InChI is InChI=1S/C20H16N6S2/c21-19(22)11-1-3-13(25-9-11)15-5-7-17(27-15)18-8-6-16(28-18)14-4-2-12(10-26-14)20(23)24/h1-10H,(H3,21,22)(H3,23,24). The van der Waals surface area contributed by atoms with Gasteiger partial charge in [-0.1, -0.05) is 0 Å². The van der Waals surface area contributed by atoms with Crippen molar-refractivity contribution < 1.29 is 0 Å². The first-order valence-corrected chi connectivity index (χ1v) is 9.96. The summed E-state index contributed by atoms with van der Waals surface area (Å²) in [5.74, 6) is 0.0314. The van der Waals surface area contributed by atoms with E-state index in [1.54, 1.807) is 35.1 Å². The summed E-state index contributed by atoms with van der Waals surface area (Å²) < 4.78 is 0. The van der Waals surface area contributed by atoms with E-state index < -0.39 is 0 Å². The van der Waals surface area contributed by atoms with Crippen molar-refractivity contribution >= 4 is 34.3 Å². The number of thiophene rings is 2. The van der Waals surface area contributed by atoms with E-state index in [4.69, 9.17) is 22.3 Å². The van der Waals surface area contributed by atoms with Gasteiger partial charge in [-0.2, -0.15) is 0 Å². The molecule has 0 radical (unpaired) electrons. The number of nitrogens with zero attached hydrogens (tertiary/aromatic N) is 2. The molecule has 0 amide bonds. The highest BCUT2D eigenvalue weighted by Gasteiger charge is 2.11. The second-order valence-corrected chi connectivity index (χ2v) is 8.19. The van der Waals surface area contributed by atoms with Gasteiger partial charge < -0.3 is 11.5 Å². The van der Waals surface area contributed by atoms with E-state index >= 15 is 0 Å². The average molecular weight is 405 g/mol. The molecule has 0 fully saturated rings. The van der Waals surface area contributed by atoms with Crippen molar-refractivity contribution in [3.8, 4) is 30.9 Å². The number of aromatic nitrogens is 2. The van der Waals surface area contributed by atoms with Crippen LogP contribution in [0.15, 0.2) is 60.9 Å². The van der Waals surface area contributed by atoms with Crippen LogP contribution in [0.5, 0.6) is 0 Å². The maximum atomic E-state index is 7.45. The van der Waals surface area contributed by atoms with Crippen molar-refractivity contribution in [3.63, 3.8) is 0 Å². The lowest BCUT2D eigenvalue weighted by atomic mass is 10.2. The van der Waals surface area contributed by atoms with E-state index in [2.05, 4.69) is 34.2 Å². The first-order chi connectivity index (χ1) is 13.5. The second kappa shape index (κ2) is 7.34. The number of nitrogen functional groups attached to an aromatic ring is 2. The molecule has 4 aromatic heterocycles. The van der Waals surface area contributed by atoms with Crippen LogP contribution in [0.2, 0.25) is 0 Å². The Labute approximate surface area is 169 Å². The fourth-order valence-electron chi connectivity index (χ4n) is 2.61. The number of hydrogen-bond donors (Lipinski definition) is 4. The third-order valence-corrected chi connectivity index (χ3v) is 6.52. The van der Waals surface area contributed by atoms with Gasteiger partial charge in [0, 0.05) is 33.3 Å². The minimum Gasteiger partial charge on any atom is -0.384 e. The highest BCUT2D eigenvalue weighted by atomic mass is 32.1. The zero-order valence-corrected chi connectivity index (χ0v) is 16.3. The number of nitrogens with one attached hydrogen (secondary N) is 2. The summed E-state index contributed by atoms with van der Waals surface area (Å²) in [5.41, 5.74) is 13.9. The minimum absolute atomic E-state index is 0.0157. The highest BCUT2D eigenvalue weighted by molar-refractivity contribution is 7.25. The summed E-state index contributed by atoms with van der Waals surface area (Å²) in [6.07, 6.45) is 3.24. The molecule has 0 aliphatic carbocycles. The molecule has 0 atom stereocenters. The number of hydrogen-bond acceptors (Lipinski definition) is 6. The maximum absolute atomic E-state index is 7.45. The Morgan fingerprint density at radius 2 is 1.00 bits per heavy atom. The third-order valence-electron chi connectivity index (χ3n) is 4.11. The molecule has 0 aliphatic rings. The highest BCUT2D eigenvalue weighted by Crippen LogP contribution is 2.39. The fourth-order valence-corrected chi connectivity index (χ4v) is 4.67. The van der Waals surface area contributed by atoms with Gasteiger partial charge in [0.05, 0.1) is 21.1 Å². The Morgan fingerprint density at radius 3 is 1.32 bits per heavy atom. The van der Waals surface area contributed by atoms with Gasteiger partial charge in [-0.15, -0.1) is 22.7 Å². The summed E-state index contributed by atoms with van der Waals surface area (Å²) in [6.45, 7) is 0. The van der Waals surface area contributed by atoms with Gasteiger partial charge in [-0.25, -0.2) is 0 Å². The average Bonchev–Trinajstić information content (AvgIpc) is 3.38. The molecule has 0 spiro atoms. The van der Waals surface area contributed by atoms with Crippen LogP contribution in [0.3, 0.4) is 0 Å². The van der Waals surface area contributed by atoms with Crippen LogP contribution in [-0.2, 0) is 0 Å². The SMILES string of the molecule is N=C(N)c1ccc(-c2ccc(-c3ccc(-c4ccc(C(=N)N)cn4)s3)s2)nc1. The first kappa shape index (κ1) is 18.0. The van der Waals surface area contributed by atoms with Crippen molar-refractivity contribution in [2.24, 2.45) is 11.5 Å². The van der Waals surface area contributed by atoms with Gasteiger partial charge in [-0.05, 0) is 48.5 Å². The number of pyridine rings is 2. The summed E-state index contributed by atoms with van der Waals surface area (Å²) >= 11 is 3.33. The normalized spacial score (nSPS) is 10.7. The minimum atomic E-state index is 0.0157. The lowest BCUT2D eigenvalue weighted by Gasteiger charge is -2.00. The zero-order chi connectivity index (χ0) is 19.7. The fraction of sp³-hybridized carbons (Fsp3) is 0. The largest absolute Gasteiger partial charge is 0.384 e. The van der Waals surface area contributed by atoms with Crippen molar-refractivity contribution in [2.45, 2.75) is 0 Å². The van der Waals surface area contributed by atoms with Crippen molar-refractivity contribution in [2.75, 3.05) is 0 Å². The molecule has 28 heavy (non-hydrogen) atoms. The third kappa shape index (κ3) is 3.55. The van der Waals surface area contributed by atoms with E-state index in [0.717, 1.165) is 30.9 Å². The predicted octanol–water partition coefficient (Wildman–Crippen LogP) is 4.17. The van der Waals surface area contributed by atoms with E-state index in [9.17, 15) is 0 Å². The Balaban J connectivity index is 1.57. The van der Waals surface area contributed by atoms with E-state index in [1.807, 2.05) is 24.3 Å².